The van der Waals surface area contributed by atoms with Crippen LogP contribution in [-0.2, 0) is 14.2 Å². The summed E-state index contributed by atoms with van der Waals surface area (Å²) in [6.07, 6.45) is -0.0298. The summed E-state index contributed by atoms with van der Waals surface area (Å²) < 4.78 is 29.5. The summed E-state index contributed by atoms with van der Waals surface area (Å²) in [7, 11) is 0. The summed E-state index contributed by atoms with van der Waals surface area (Å²) in [5.74, 6) is -0.519. The maximum Gasteiger partial charge on any atom is 0.163 e. The Morgan fingerprint density at radius 1 is 1.43 bits per heavy atom. The molecule has 0 amide bonds. The van der Waals surface area contributed by atoms with Gasteiger partial charge in [0.1, 0.15) is 6.17 Å². The molecule has 0 spiro atoms. The van der Waals surface area contributed by atoms with E-state index in [4.69, 9.17) is 14.2 Å². The Kier molecular flexibility index (Phi) is 2.77. The van der Waals surface area contributed by atoms with Gasteiger partial charge >= 0.3 is 0 Å². The minimum atomic E-state index is -0.831. The first kappa shape index (κ1) is 10.3. The molecule has 0 aromatic rings. The highest BCUT2D eigenvalue weighted by Gasteiger charge is 2.37. The van der Waals surface area contributed by atoms with Crippen molar-refractivity contribution in [1.29, 1.82) is 0 Å². The van der Waals surface area contributed by atoms with Crippen molar-refractivity contribution in [2.75, 3.05) is 13.2 Å². The van der Waals surface area contributed by atoms with Gasteiger partial charge in [-0.25, -0.2) is 4.39 Å². The molecular formula is C10H17FO3. The lowest BCUT2D eigenvalue weighted by atomic mass is 10.1. The Morgan fingerprint density at radius 2 is 2.21 bits per heavy atom. The standard InChI is InChI=1S/C10H17FO3/c1-10(2)13-6-7(14-10)5-9-8(11)3-4-12-9/h7-9H,3-6H2,1-2H3/t7?,8-,9?/m1/s1. The SMILES string of the molecule is CC1(C)OCC(CC2OCC[C@H]2F)O1. The normalized spacial score (nSPS) is 41.8. The first-order valence-corrected chi connectivity index (χ1v) is 5.14. The van der Waals surface area contributed by atoms with Crippen molar-refractivity contribution in [3.63, 3.8) is 0 Å². The lowest BCUT2D eigenvalue weighted by Crippen LogP contribution is -2.27. The maximum absolute atomic E-state index is 13.2. The van der Waals surface area contributed by atoms with Crippen LogP contribution >= 0.6 is 0 Å². The molecule has 14 heavy (non-hydrogen) atoms. The van der Waals surface area contributed by atoms with Crippen molar-refractivity contribution in [1.82, 2.24) is 0 Å². The van der Waals surface area contributed by atoms with E-state index in [1.807, 2.05) is 13.8 Å². The third kappa shape index (κ3) is 2.24. The van der Waals surface area contributed by atoms with E-state index in [1.165, 1.54) is 0 Å². The summed E-state index contributed by atoms with van der Waals surface area (Å²) in [6.45, 7) is 4.81. The zero-order valence-electron chi connectivity index (χ0n) is 8.66. The maximum atomic E-state index is 13.2. The molecule has 3 nitrogen and oxygen atoms in total. The second-order valence-electron chi connectivity index (χ2n) is 4.40. The van der Waals surface area contributed by atoms with E-state index in [2.05, 4.69) is 0 Å². The van der Waals surface area contributed by atoms with E-state index in [0.29, 0.717) is 26.1 Å². The van der Waals surface area contributed by atoms with Gasteiger partial charge in [0.15, 0.2) is 5.79 Å². The molecule has 3 atom stereocenters. The largest absolute Gasteiger partial charge is 0.375 e. The molecule has 2 aliphatic heterocycles. The van der Waals surface area contributed by atoms with Crippen LogP contribution in [0.25, 0.3) is 0 Å². The molecule has 0 aliphatic carbocycles. The minimum Gasteiger partial charge on any atom is -0.375 e. The van der Waals surface area contributed by atoms with Crippen LogP contribution in [0.5, 0.6) is 0 Å². The molecular weight excluding hydrogens is 187 g/mol. The molecule has 2 rings (SSSR count). The average molecular weight is 204 g/mol. The van der Waals surface area contributed by atoms with Crippen molar-refractivity contribution in [3.05, 3.63) is 0 Å². The molecule has 0 aromatic carbocycles. The Hall–Kier alpha value is -0.190. The van der Waals surface area contributed by atoms with Gasteiger partial charge in [0, 0.05) is 19.4 Å². The number of hydrogen-bond donors (Lipinski definition) is 0. The lowest BCUT2D eigenvalue weighted by Gasteiger charge is -2.19. The van der Waals surface area contributed by atoms with Crippen molar-refractivity contribution in [2.45, 2.75) is 50.9 Å². The molecule has 2 saturated heterocycles. The highest BCUT2D eigenvalue weighted by atomic mass is 19.1. The predicted molar refractivity (Wildman–Crippen MR) is 48.8 cm³/mol. The molecule has 0 bridgehead atoms. The highest BCUT2D eigenvalue weighted by Crippen LogP contribution is 2.28. The van der Waals surface area contributed by atoms with Gasteiger partial charge in [0.05, 0.1) is 18.8 Å². The summed E-state index contributed by atoms with van der Waals surface area (Å²) in [4.78, 5) is 0. The molecule has 0 N–H and O–H groups in total. The van der Waals surface area contributed by atoms with Gasteiger partial charge in [-0.2, -0.15) is 0 Å². The summed E-state index contributed by atoms with van der Waals surface area (Å²) in [5, 5.41) is 0. The summed E-state index contributed by atoms with van der Waals surface area (Å²) in [5.41, 5.74) is 0. The van der Waals surface area contributed by atoms with Gasteiger partial charge in [-0.05, 0) is 13.8 Å². The van der Waals surface area contributed by atoms with Gasteiger partial charge in [0.25, 0.3) is 0 Å². The van der Waals surface area contributed by atoms with Crippen LogP contribution in [0.3, 0.4) is 0 Å². The Bertz CT molecular complexity index is 208. The smallest absolute Gasteiger partial charge is 0.163 e. The monoisotopic (exact) mass is 204 g/mol. The zero-order valence-corrected chi connectivity index (χ0v) is 8.66. The van der Waals surface area contributed by atoms with Crippen LogP contribution in [0, 0.1) is 0 Å². The third-order valence-electron chi connectivity index (χ3n) is 2.69. The number of alkyl halides is 1. The fourth-order valence-corrected chi connectivity index (χ4v) is 1.98. The number of ether oxygens (including phenoxy) is 3. The van der Waals surface area contributed by atoms with E-state index >= 15 is 0 Å². The van der Waals surface area contributed by atoms with Crippen LogP contribution in [0.4, 0.5) is 4.39 Å². The molecule has 82 valence electrons. The number of rotatable bonds is 2. The zero-order chi connectivity index (χ0) is 10.2. The van der Waals surface area contributed by atoms with Crippen LogP contribution in [0.15, 0.2) is 0 Å². The topological polar surface area (TPSA) is 27.7 Å². The van der Waals surface area contributed by atoms with Crippen molar-refractivity contribution in [2.24, 2.45) is 0 Å². The molecule has 2 heterocycles. The Labute approximate surface area is 83.5 Å². The van der Waals surface area contributed by atoms with Crippen LogP contribution in [0.2, 0.25) is 0 Å². The van der Waals surface area contributed by atoms with Crippen molar-refractivity contribution in [3.8, 4) is 0 Å². The highest BCUT2D eigenvalue weighted by molar-refractivity contribution is 4.81. The van der Waals surface area contributed by atoms with Crippen molar-refractivity contribution < 1.29 is 18.6 Å². The molecule has 0 radical (unpaired) electrons. The first-order chi connectivity index (χ1) is 6.57. The van der Waals surface area contributed by atoms with Gasteiger partial charge in [-0.3, -0.25) is 0 Å². The summed E-state index contributed by atoms with van der Waals surface area (Å²) >= 11 is 0. The van der Waals surface area contributed by atoms with Crippen molar-refractivity contribution >= 4 is 0 Å². The van der Waals surface area contributed by atoms with Crippen LogP contribution in [-0.4, -0.2) is 37.4 Å². The van der Waals surface area contributed by atoms with E-state index in [-0.39, 0.29) is 12.2 Å². The number of hydrogen-bond acceptors (Lipinski definition) is 3. The molecule has 2 unspecified atom stereocenters. The molecule has 4 heteroatoms. The van der Waals surface area contributed by atoms with Crippen LogP contribution < -0.4 is 0 Å². The van der Waals surface area contributed by atoms with E-state index in [1.54, 1.807) is 0 Å². The van der Waals surface area contributed by atoms with Gasteiger partial charge in [-0.15, -0.1) is 0 Å². The van der Waals surface area contributed by atoms with Gasteiger partial charge < -0.3 is 14.2 Å². The van der Waals surface area contributed by atoms with E-state index in [9.17, 15) is 4.39 Å². The van der Waals surface area contributed by atoms with E-state index < -0.39 is 12.0 Å². The van der Waals surface area contributed by atoms with Gasteiger partial charge in [0.2, 0.25) is 0 Å². The first-order valence-electron chi connectivity index (χ1n) is 5.14. The third-order valence-corrected chi connectivity index (χ3v) is 2.69. The second kappa shape index (κ2) is 3.76. The predicted octanol–water partition coefficient (Wildman–Crippen LogP) is 1.66. The van der Waals surface area contributed by atoms with E-state index in [0.717, 1.165) is 0 Å². The fourth-order valence-electron chi connectivity index (χ4n) is 1.98. The fraction of sp³-hybridized carbons (Fsp3) is 1.00. The second-order valence-corrected chi connectivity index (χ2v) is 4.40. The molecule has 0 saturated carbocycles. The Morgan fingerprint density at radius 3 is 2.71 bits per heavy atom. The lowest BCUT2D eigenvalue weighted by molar-refractivity contribution is -0.142. The number of halogens is 1. The minimum absolute atomic E-state index is 0.0219. The molecule has 2 aliphatic rings. The molecule has 2 fully saturated rings. The van der Waals surface area contributed by atoms with Gasteiger partial charge in [-0.1, -0.05) is 0 Å². The van der Waals surface area contributed by atoms with Crippen LogP contribution in [0.1, 0.15) is 26.7 Å². The summed E-state index contributed by atoms with van der Waals surface area (Å²) in [6, 6.07) is 0. The quantitative estimate of drug-likeness (QED) is 0.684. The molecule has 0 aromatic heterocycles. The average Bonchev–Trinajstić information content (AvgIpc) is 2.61. The Balaban J connectivity index is 1.81.